The molecule has 0 aromatic rings. The van der Waals surface area contributed by atoms with Crippen LogP contribution >= 0.6 is 0 Å². The molecule has 0 heterocycles. The number of carbonyl (C=O) groups excluding carboxylic acids is 3. The number of hydrogen-bond acceptors (Lipinski definition) is 9. The SMILES string of the molecule is O.O.O.O.O=C([O-])[O-].O=C([O-])[O-].O=C([O-])[O-].[Sm+3].[Sm+3]. The van der Waals surface area contributed by atoms with Gasteiger partial charge in [0, 0.05) is 0 Å². The number of rotatable bonds is 0. The van der Waals surface area contributed by atoms with E-state index in [1.807, 2.05) is 0 Å². The summed E-state index contributed by atoms with van der Waals surface area (Å²) in [7, 11) is 0. The molecule has 0 fully saturated rings. The summed E-state index contributed by atoms with van der Waals surface area (Å²) in [5, 5.41) is 50.0. The molecule has 15 heteroatoms. The first-order chi connectivity index (χ1) is 5.20. The van der Waals surface area contributed by atoms with Crippen LogP contribution in [-0.4, -0.2) is 40.4 Å². The van der Waals surface area contributed by atoms with E-state index in [9.17, 15) is 0 Å². The standard InChI is InChI=1S/3CH2O3.4H2O.2Sm/c3*2-1(3)4;;;;;;/h3*(H2,2,3,4);4*1H2;;/q;;;;;;;2*+3/p-6. The van der Waals surface area contributed by atoms with Gasteiger partial charge in [0.05, 0.1) is 0 Å². The minimum atomic E-state index is -2.33. The Morgan fingerprint density at radius 2 is 0.444 bits per heavy atom. The minimum Gasteiger partial charge on any atom is -0.652 e. The van der Waals surface area contributed by atoms with E-state index >= 15 is 0 Å². The van der Waals surface area contributed by atoms with Gasteiger partial charge in [0.25, 0.3) is 0 Å². The normalized spacial score (nSPS) is 4.00. The summed E-state index contributed by atoms with van der Waals surface area (Å²) in [6.45, 7) is 0. The molecule has 18 heavy (non-hydrogen) atoms. The largest absolute Gasteiger partial charge is 3.00 e. The molecule has 0 rings (SSSR count). The van der Waals surface area contributed by atoms with Crippen LogP contribution < -0.4 is 30.6 Å². The molecule has 0 saturated carbocycles. The van der Waals surface area contributed by atoms with Crippen LogP contribution in [0.25, 0.3) is 0 Å². The molecule has 8 N–H and O–H groups in total. The van der Waals surface area contributed by atoms with Gasteiger partial charge in [-0.25, -0.2) is 0 Å². The second kappa shape index (κ2) is 53.1. The Labute approximate surface area is 164 Å². The summed E-state index contributed by atoms with van der Waals surface area (Å²) in [5.41, 5.74) is 0. The van der Waals surface area contributed by atoms with Crippen LogP contribution in [0.2, 0.25) is 0 Å². The topological polar surface area (TPSA) is 316 Å². The fraction of sp³-hybridized carbons (Fsp3) is 0. The maximum atomic E-state index is 8.33. The molecular formula is C3H8O13Sm2. The quantitative estimate of drug-likeness (QED) is 0.275. The van der Waals surface area contributed by atoms with E-state index in [-0.39, 0.29) is 103 Å². The number of carbonyl (C=O) groups is 3. The average molecular weight is 553 g/mol. The maximum absolute atomic E-state index is 8.33. The number of hydrogen-bond donors (Lipinski definition) is 0. The third-order valence-corrected chi connectivity index (χ3v) is 0. The Bertz CT molecular complexity index is 118. The van der Waals surface area contributed by atoms with Crippen molar-refractivity contribution in [1.82, 2.24) is 0 Å². The van der Waals surface area contributed by atoms with Crippen molar-refractivity contribution in [1.29, 1.82) is 0 Å². The van der Waals surface area contributed by atoms with Crippen LogP contribution in [0.3, 0.4) is 0 Å². The molecule has 0 spiro atoms. The molecule has 0 aromatic heterocycles. The number of carboxylic acid groups (broad SMARTS) is 6. The molecule has 2 radical (unpaired) electrons. The van der Waals surface area contributed by atoms with Gasteiger partial charge < -0.3 is 66.9 Å². The Kier molecular flexibility index (Phi) is 187. The van der Waals surface area contributed by atoms with E-state index in [1.54, 1.807) is 0 Å². The van der Waals surface area contributed by atoms with E-state index in [1.165, 1.54) is 0 Å². The van der Waals surface area contributed by atoms with Crippen molar-refractivity contribution in [2.24, 2.45) is 0 Å². The van der Waals surface area contributed by atoms with E-state index in [4.69, 9.17) is 45.0 Å². The Hall–Kier alpha value is 0.325. The van der Waals surface area contributed by atoms with Gasteiger partial charge in [-0.1, -0.05) is 0 Å². The predicted octanol–water partition coefficient (Wildman–Crippen LogP) is -10.6. The van der Waals surface area contributed by atoms with Gasteiger partial charge in [-0.3, -0.25) is 0 Å². The molecule has 0 saturated heterocycles. The first kappa shape index (κ1) is 63.3. The van der Waals surface area contributed by atoms with Gasteiger partial charge in [0.15, 0.2) is 0 Å². The van der Waals surface area contributed by atoms with Gasteiger partial charge in [-0.2, -0.15) is 0 Å². The molecule has 0 amide bonds. The van der Waals surface area contributed by atoms with E-state index in [2.05, 4.69) is 0 Å². The van der Waals surface area contributed by atoms with Crippen molar-refractivity contribution in [3.8, 4) is 0 Å². The fourth-order valence-corrected chi connectivity index (χ4v) is 0. The van der Waals surface area contributed by atoms with E-state index in [0.29, 0.717) is 0 Å². The van der Waals surface area contributed by atoms with Crippen LogP contribution in [0.15, 0.2) is 0 Å². The van der Waals surface area contributed by atoms with Crippen molar-refractivity contribution in [3.05, 3.63) is 0 Å². The Morgan fingerprint density at radius 3 is 0.444 bits per heavy atom. The molecule has 110 valence electrons. The second-order valence-electron chi connectivity index (χ2n) is 0.750. The van der Waals surface area contributed by atoms with Crippen molar-refractivity contribution >= 4 is 18.5 Å². The summed E-state index contributed by atoms with van der Waals surface area (Å²) >= 11 is 0. The summed E-state index contributed by atoms with van der Waals surface area (Å²) in [5.74, 6) is 0. The molecule has 0 atom stereocenters. The van der Waals surface area contributed by atoms with Crippen molar-refractivity contribution < 1.29 is 148 Å². The van der Waals surface area contributed by atoms with Crippen molar-refractivity contribution in [3.63, 3.8) is 0 Å². The zero-order valence-corrected chi connectivity index (χ0v) is 13.2. The molecule has 0 aliphatic heterocycles. The predicted molar refractivity (Wildman–Crippen MR) is 30.6 cm³/mol. The zero-order valence-electron chi connectivity index (χ0n) is 7.99. The molecule has 0 unspecified atom stereocenters. The molecule has 0 aliphatic carbocycles. The van der Waals surface area contributed by atoms with E-state index < -0.39 is 18.5 Å². The third-order valence-electron chi connectivity index (χ3n) is 0. The van der Waals surface area contributed by atoms with Crippen LogP contribution in [0, 0.1) is 80.8 Å². The van der Waals surface area contributed by atoms with Gasteiger partial charge >= 0.3 is 80.8 Å². The van der Waals surface area contributed by atoms with Gasteiger partial charge in [-0.15, -0.1) is 0 Å². The second-order valence-corrected chi connectivity index (χ2v) is 0.750. The van der Waals surface area contributed by atoms with Crippen molar-refractivity contribution in [2.45, 2.75) is 0 Å². The van der Waals surface area contributed by atoms with Crippen LogP contribution in [0.5, 0.6) is 0 Å². The fourth-order valence-electron chi connectivity index (χ4n) is 0. The molecule has 0 aliphatic rings. The average Bonchev–Trinajstić information content (AvgIpc) is 1.54. The van der Waals surface area contributed by atoms with Crippen LogP contribution in [-0.2, 0) is 0 Å². The maximum Gasteiger partial charge on any atom is 3.00 e. The van der Waals surface area contributed by atoms with Crippen LogP contribution in [0.4, 0.5) is 14.4 Å². The molecule has 0 aromatic carbocycles. The Morgan fingerprint density at radius 1 is 0.444 bits per heavy atom. The summed E-state index contributed by atoms with van der Waals surface area (Å²) in [4.78, 5) is 25.0. The molecular weight excluding hydrogens is 545 g/mol. The zero-order chi connectivity index (χ0) is 10.7. The molecule has 13 nitrogen and oxygen atoms in total. The summed E-state index contributed by atoms with van der Waals surface area (Å²) < 4.78 is 0. The minimum absolute atomic E-state index is 0. The van der Waals surface area contributed by atoms with E-state index in [0.717, 1.165) is 0 Å². The monoisotopic (exact) mass is 556 g/mol. The first-order valence-corrected chi connectivity index (χ1v) is 1.84. The molecule has 0 bridgehead atoms. The third kappa shape index (κ3) is 36200. The van der Waals surface area contributed by atoms with Gasteiger partial charge in [-0.05, 0) is 18.5 Å². The summed E-state index contributed by atoms with van der Waals surface area (Å²) in [6, 6.07) is 0. The summed E-state index contributed by atoms with van der Waals surface area (Å²) in [6.07, 6.45) is -7.00. The Balaban J connectivity index is -0.00000000827. The smallest absolute Gasteiger partial charge is 0.652 e. The van der Waals surface area contributed by atoms with Crippen molar-refractivity contribution in [2.75, 3.05) is 0 Å². The van der Waals surface area contributed by atoms with Crippen LogP contribution in [0.1, 0.15) is 0 Å². The first-order valence-electron chi connectivity index (χ1n) is 1.84. The van der Waals surface area contributed by atoms with Gasteiger partial charge in [0.2, 0.25) is 0 Å². The van der Waals surface area contributed by atoms with Gasteiger partial charge in [0.1, 0.15) is 0 Å².